The summed E-state index contributed by atoms with van der Waals surface area (Å²) < 4.78 is 0. The number of aryl methyl sites for hydroxylation is 1. The van der Waals surface area contributed by atoms with Crippen LogP contribution in [0, 0.1) is 0 Å². The second-order valence-electron chi connectivity index (χ2n) is 3.69. The summed E-state index contributed by atoms with van der Waals surface area (Å²) >= 11 is 0. The van der Waals surface area contributed by atoms with E-state index in [2.05, 4.69) is 15.0 Å². The number of carbonyl (C=O) groups excluding carboxylic acids is 1. The molecule has 0 spiro atoms. The molecule has 1 aliphatic rings. The molecule has 0 atom stereocenters. The fourth-order valence-electron chi connectivity index (χ4n) is 1.83. The number of nitrogens with zero attached hydrogens (tertiary/aromatic N) is 3. The lowest BCUT2D eigenvalue weighted by molar-refractivity contribution is 0.0994. The van der Waals surface area contributed by atoms with Crippen LogP contribution < -0.4 is 0 Å². The predicted octanol–water partition coefficient (Wildman–Crippen LogP) is 1.67. The summed E-state index contributed by atoms with van der Waals surface area (Å²) in [5.41, 5.74) is 2.25. The zero-order valence-electron chi connectivity index (χ0n) is 8.55. The molecule has 0 N–H and O–H groups in total. The van der Waals surface area contributed by atoms with Crippen molar-refractivity contribution in [2.45, 2.75) is 12.8 Å². The van der Waals surface area contributed by atoms with Crippen LogP contribution in [0.4, 0.5) is 0 Å². The largest absolute Gasteiger partial charge is 0.294 e. The summed E-state index contributed by atoms with van der Waals surface area (Å²) in [6.45, 7) is 0. The first kappa shape index (κ1) is 9.15. The molecule has 78 valence electrons. The molecule has 0 aromatic carbocycles. The van der Waals surface area contributed by atoms with Crippen molar-refractivity contribution in [1.29, 1.82) is 0 Å². The van der Waals surface area contributed by atoms with Gasteiger partial charge in [-0.25, -0.2) is 9.97 Å². The van der Waals surface area contributed by atoms with E-state index in [1.807, 2.05) is 18.2 Å². The van der Waals surface area contributed by atoms with Crippen molar-refractivity contribution >= 4 is 5.78 Å². The van der Waals surface area contributed by atoms with Crippen LogP contribution in [0.2, 0.25) is 0 Å². The first-order valence-corrected chi connectivity index (χ1v) is 5.15. The van der Waals surface area contributed by atoms with E-state index in [-0.39, 0.29) is 5.78 Å². The summed E-state index contributed by atoms with van der Waals surface area (Å²) in [5, 5.41) is 0. The molecular weight excluding hydrogens is 202 g/mol. The van der Waals surface area contributed by atoms with Gasteiger partial charge in [-0.15, -0.1) is 0 Å². The molecule has 0 bridgehead atoms. The minimum absolute atomic E-state index is 0.141. The molecule has 0 fully saturated rings. The second kappa shape index (κ2) is 3.48. The zero-order valence-corrected chi connectivity index (χ0v) is 8.55. The van der Waals surface area contributed by atoms with Gasteiger partial charge >= 0.3 is 0 Å². The molecule has 0 saturated heterocycles. The van der Waals surface area contributed by atoms with Crippen molar-refractivity contribution in [3.8, 4) is 11.5 Å². The summed E-state index contributed by atoms with van der Waals surface area (Å²) in [4.78, 5) is 24.2. The van der Waals surface area contributed by atoms with Gasteiger partial charge in [0.05, 0.1) is 11.3 Å². The van der Waals surface area contributed by atoms with Crippen LogP contribution in [-0.2, 0) is 6.42 Å². The number of rotatable bonds is 1. The van der Waals surface area contributed by atoms with Crippen LogP contribution in [-0.4, -0.2) is 20.7 Å². The molecular formula is C12H9N3O. The molecule has 2 heterocycles. The standard InChI is InChI=1S/C12H9N3O/c16-11-5-4-9-8(11)7-14-12(15-9)10-3-1-2-6-13-10/h1-3,6-7H,4-5H2. The number of carbonyl (C=O) groups is 1. The summed E-state index contributed by atoms with van der Waals surface area (Å²) in [6, 6.07) is 5.60. The van der Waals surface area contributed by atoms with Crippen molar-refractivity contribution in [3.05, 3.63) is 41.9 Å². The first-order chi connectivity index (χ1) is 7.84. The van der Waals surface area contributed by atoms with Gasteiger partial charge in [-0.2, -0.15) is 0 Å². The van der Waals surface area contributed by atoms with E-state index in [1.165, 1.54) is 0 Å². The quantitative estimate of drug-likeness (QED) is 0.720. The summed E-state index contributed by atoms with van der Waals surface area (Å²) in [6.07, 6.45) is 4.59. The molecule has 0 saturated carbocycles. The average molecular weight is 211 g/mol. The number of Topliss-reactive ketones (excluding diaryl/α,β-unsaturated/α-hetero) is 1. The molecule has 4 heteroatoms. The van der Waals surface area contributed by atoms with E-state index >= 15 is 0 Å². The third-order valence-corrected chi connectivity index (χ3v) is 2.65. The Kier molecular flexibility index (Phi) is 1.99. The number of aromatic nitrogens is 3. The highest BCUT2D eigenvalue weighted by atomic mass is 16.1. The van der Waals surface area contributed by atoms with Gasteiger partial charge in [0.2, 0.25) is 0 Å². The first-order valence-electron chi connectivity index (χ1n) is 5.15. The topological polar surface area (TPSA) is 55.7 Å². The fourth-order valence-corrected chi connectivity index (χ4v) is 1.83. The maximum absolute atomic E-state index is 11.4. The Labute approximate surface area is 92.4 Å². The molecule has 0 amide bonds. The normalized spacial score (nSPS) is 13.9. The van der Waals surface area contributed by atoms with Gasteiger partial charge < -0.3 is 0 Å². The van der Waals surface area contributed by atoms with E-state index in [0.29, 0.717) is 17.8 Å². The second-order valence-corrected chi connectivity index (χ2v) is 3.69. The third kappa shape index (κ3) is 1.39. The molecule has 1 aliphatic carbocycles. The summed E-state index contributed by atoms with van der Waals surface area (Å²) in [7, 11) is 0. The Morgan fingerprint density at radius 2 is 2.06 bits per heavy atom. The van der Waals surface area contributed by atoms with Crippen LogP contribution in [0.1, 0.15) is 22.5 Å². The van der Waals surface area contributed by atoms with E-state index in [1.54, 1.807) is 12.4 Å². The lowest BCUT2D eigenvalue weighted by atomic mass is 10.2. The minimum atomic E-state index is 0.141. The minimum Gasteiger partial charge on any atom is -0.294 e. The Balaban J connectivity index is 2.09. The van der Waals surface area contributed by atoms with Crippen LogP contribution in [0.3, 0.4) is 0 Å². The van der Waals surface area contributed by atoms with Crippen molar-refractivity contribution < 1.29 is 4.79 Å². The maximum atomic E-state index is 11.4. The number of fused-ring (bicyclic) bond motifs is 1. The van der Waals surface area contributed by atoms with Crippen molar-refractivity contribution in [2.24, 2.45) is 0 Å². The van der Waals surface area contributed by atoms with E-state index in [9.17, 15) is 4.79 Å². The maximum Gasteiger partial charge on any atom is 0.178 e. The van der Waals surface area contributed by atoms with Crippen LogP contribution in [0.15, 0.2) is 30.6 Å². The Morgan fingerprint density at radius 1 is 1.12 bits per heavy atom. The highest BCUT2D eigenvalue weighted by molar-refractivity contribution is 5.99. The Hall–Kier alpha value is -2.10. The van der Waals surface area contributed by atoms with Crippen LogP contribution in [0.25, 0.3) is 11.5 Å². The van der Waals surface area contributed by atoms with E-state index < -0.39 is 0 Å². The van der Waals surface area contributed by atoms with Crippen molar-refractivity contribution in [2.75, 3.05) is 0 Å². The smallest absolute Gasteiger partial charge is 0.178 e. The molecule has 16 heavy (non-hydrogen) atoms. The molecule has 2 aromatic heterocycles. The number of hydrogen-bond donors (Lipinski definition) is 0. The zero-order chi connectivity index (χ0) is 11.0. The van der Waals surface area contributed by atoms with Gasteiger partial charge in [-0.1, -0.05) is 6.07 Å². The lowest BCUT2D eigenvalue weighted by Gasteiger charge is -2.01. The molecule has 0 radical (unpaired) electrons. The molecule has 3 rings (SSSR count). The highest BCUT2D eigenvalue weighted by Crippen LogP contribution is 2.21. The van der Waals surface area contributed by atoms with Gasteiger partial charge in [-0.3, -0.25) is 9.78 Å². The van der Waals surface area contributed by atoms with Crippen LogP contribution >= 0.6 is 0 Å². The van der Waals surface area contributed by atoms with Gasteiger partial charge in [0, 0.05) is 18.8 Å². The molecule has 4 nitrogen and oxygen atoms in total. The SMILES string of the molecule is O=C1CCc2nc(-c3ccccn3)ncc21. The van der Waals surface area contributed by atoms with Gasteiger partial charge in [0.1, 0.15) is 5.69 Å². The van der Waals surface area contributed by atoms with E-state index in [0.717, 1.165) is 17.8 Å². The highest BCUT2D eigenvalue weighted by Gasteiger charge is 2.21. The van der Waals surface area contributed by atoms with Crippen LogP contribution in [0.5, 0.6) is 0 Å². The Bertz CT molecular complexity index is 551. The number of ketones is 1. The molecule has 2 aromatic rings. The number of hydrogen-bond acceptors (Lipinski definition) is 4. The Morgan fingerprint density at radius 3 is 2.88 bits per heavy atom. The monoisotopic (exact) mass is 211 g/mol. The van der Waals surface area contributed by atoms with Crippen molar-refractivity contribution in [3.63, 3.8) is 0 Å². The predicted molar refractivity (Wildman–Crippen MR) is 57.9 cm³/mol. The molecule has 0 unspecified atom stereocenters. The average Bonchev–Trinajstić information content (AvgIpc) is 2.72. The van der Waals surface area contributed by atoms with Gasteiger partial charge in [0.15, 0.2) is 11.6 Å². The lowest BCUT2D eigenvalue weighted by Crippen LogP contribution is -1.98. The fraction of sp³-hybridized carbons (Fsp3) is 0.167. The third-order valence-electron chi connectivity index (χ3n) is 2.65. The van der Waals surface area contributed by atoms with Gasteiger partial charge in [0.25, 0.3) is 0 Å². The van der Waals surface area contributed by atoms with Crippen molar-refractivity contribution in [1.82, 2.24) is 15.0 Å². The number of pyridine rings is 1. The summed E-state index contributed by atoms with van der Waals surface area (Å²) in [5.74, 6) is 0.733. The van der Waals surface area contributed by atoms with Gasteiger partial charge in [-0.05, 0) is 18.6 Å². The molecule has 0 aliphatic heterocycles. The van der Waals surface area contributed by atoms with E-state index in [4.69, 9.17) is 0 Å².